The van der Waals surface area contributed by atoms with Gasteiger partial charge in [-0.3, -0.25) is 0 Å². The Kier molecular flexibility index (Phi) is 3.40. The number of aliphatic hydroxyl groups excluding tert-OH is 1. The average Bonchev–Trinajstić information content (AvgIpc) is 2.80. The highest BCUT2D eigenvalue weighted by Gasteiger charge is 2.17. The Bertz CT molecular complexity index is 482. The minimum Gasteiger partial charge on any atom is -0.383 e. The Balaban J connectivity index is 2.20. The SMILES string of the molecule is Cc1cnc(-c2noc(C(O)CCN)n2)nc1. The Morgan fingerprint density at radius 2 is 2.06 bits per heavy atom. The van der Waals surface area contributed by atoms with Crippen molar-refractivity contribution in [3.05, 3.63) is 23.8 Å². The lowest BCUT2D eigenvalue weighted by molar-refractivity contribution is 0.127. The van der Waals surface area contributed by atoms with Crippen molar-refractivity contribution < 1.29 is 9.63 Å². The van der Waals surface area contributed by atoms with Crippen LogP contribution >= 0.6 is 0 Å². The summed E-state index contributed by atoms with van der Waals surface area (Å²) in [4.78, 5) is 12.1. The lowest BCUT2D eigenvalue weighted by Crippen LogP contribution is -2.06. The van der Waals surface area contributed by atoms with Crippen molar-refractivity contribution in [1.29, 1.82) is 0 Å². The monoisotopic (exact) mass is 235 g/mol. The fourth-order valence-corrected chi connectivity index (χ4v) is 1.25. The first-order valence-corrected chi connectivity index (χ1v) is 5.21. The molecule has 0 aliphatic carbocycles. The van der Waals surface area contributed by atoms with Gasteiger partial charge in [0.2, 0.25) is 11.6 Å². The molecule has 3 N–H and O–H groups in total. The van der Waals surface area contributed by atoms with Gasteiger partial charge in [0.1, 0.15) is 6.10 Å². The minimum atomic E-state index is -0.841. The normalized spacial score (nSPS) is 12.6. The third-order valence-corrected chi connectivity index (χ3v) is 2.15. The Hall–Kier alpha value is -1.86. The number of nitrogens with zero attached hydrogens (tertiary/aromatic N) is 4. The molecule has 2 heterocycles. The Morgan fingerprint density at radius 1 is 1.35 bits per heavy atom. The van der Waals surface area contributed by atoms with Gasteiger partial charge >= 0.3 is 0 Å². The van der Waals surface area contributed by atoms with Gasteiger partial charge in [-0.05, 0) is 25.5 Å². The zero-order valence-electron chi connectivity index (χ0n) is 9.37. The molecule has 0 bridgehead atoms. The van der Waals surface area contributed by atoms with Gasteiger partial charge in [0.15, 0.2) is 0 Å². The first-order valence-electron chi connectivity index (χ1n) is 5.21. The van der Waals surface area contributed by atoms with Gasteiger partial charge in [-0.15, -0.1) is 0 Å². The third kappa shape index (κ3) is 2.63. The van der Waals surface area contributed by atoms with Crippen LogP contribution < -0.4 is 5.73 Å². The van der Waals surface area contributed by atoms with Gasteiger partial charge in [0.25, 0.3) is 5.89 Å². The van der Waals surface area contributed by atoms with Crippen LogP contribution in [0.1, 0.15) is 24.0 Å². The van der Waals surface area contributed by atoms with Crippen LogP contribution in [0.4, 0.5) is 0 Å². The van der Waals surface area contributed by atoms with Crippen molar-refractivity contribution >= 4 is 0 Å². The van der Waals surface area contributed by atoms with E-state index in [1.807, 2.05) is 6.92 Å². The molecule has 0 amide bonds. The first kappa shape index (κ1) is 11.6. The van der Waals surface area contributed by atoms with E-state index in [4.69, 9.17) is 10.3 Å². The van der Waals surface area contributed by atoms with Crippen molar-refractivity contribution in [1.82, 2.24) is 20.1 Å². The van der Waals surface area contributed by atoms with Crippen LogP contribution in [0, 0.1) is 6.92 Å². The summed E-state index contributed by atoms with van der Waals surface area (Å²) in [7, 11) is 0. The molecular weight excluding hydrogens is 222 g/mol. The molecule has 0 saturated heterocycles. The second-order valence-corrected chi connectivity index (χ2v) is 3.63. The van der Waals surface area contributed by atoms with E-state index in [1.165, 1.54) is 0 Å². The van der Waals surface area contributed by atoms with Gasteiger partial charge in [0, 0.05) is 12.4 Å². The van der Waals surface area contributed by atoms with Crippen molar-refractivity contribution in [2.45, 2.75) is 19.4 Å². The summed E-state index contributed by atoms with van der Waals surface area (Å²) in [5.41, 5.74) is 6.27. The number of aliphatic hydroxyl groups is 1. The van der Waals surface area contributed by atoms with E-state index in [-0.39, 0.29) is 11.7 Å². The maximum absolute atomic E-state index is 9.61. The predicted octanol–water partition coefficient (Wildman–Crippen LogP) is 0.217. The Labute approximate surface area is 97.7 Å². The van der Waals surface area contributed by atoms with Gasteiger partial charge in [-0.25, -0.2) is 9.97 Å². The average molecular weight is 235 g/mol. The maximum atomic E-state index is 9.61. The van der Waals surface area contributed by atoms with Gasteiger partial charge in [0.05, 0.1) is 0 Å². The summed E-state index contributed by atoms with van der Waals surface area (Å²) >= 11 is 0. The van der Waals surface area contributed by atoms with Crippen LogP contribution in [0.5, 0.6) is 0 Å². The molecule has 0 radical (unpaired) electrons. The molecule has 0 spiro atoms. The molecule has 2 aromatic rings. The molecule has 7 heteroatoms. The van der Waals surface area contributed by atoms with Crippen LogP contribution in [-0.2, 0) is 0 Å². The van der Waals surface area contributed by atoms with E-state index in [0.717, 1.165) is 5.56 Å². The van der Waals surface area contributed by atoms with Crippen molar-refractivity contribution in [3.8, 4) is 11.6 Å². The molecule has 2 rings (SSSR count). The number of aromatic nitrogens is 4. The zero-order chi connectivity index (χ0) is 12.3. The van der Waals surface area contributed by atoms with Gasteiger partial charge in [-0.2, -0.15) is 4.98 Å². The maximum Gasteiger partial charge on any atom is 0.255 e. The molecule has 17 heavy (non-hydrogen) atoms. The van der Waals surface area contributed by atoms with Gasteiger partial charge in [-0.1, -0.05) is 5.16 Å². The predicted molar refractivity (Wildman–Crippen MR) is 58.7 cm³/mol. The van der Waals surface area contributed by atoms with E-state index < -0.39 is 6.10 Å². The van der Waals surface area contributed by atoms with E-state index in [2.05, 4.69) is 20.1 Å². The summed E-state index contributed by atoms with van der Waals surface area (Å²) in [6, 6.07) is 0. The smallest absolute Gasteiger partial charge is 0.255 e. The topological polar surface area (TPSA) is 111 Å². The second-order valence-electron chi connectivity index (χ2n) is 3.63. The fraction of sp³-hybridized carbons (Fsp3) is 0.400. The zero-order valence-corrected chi connectivity index (χ0v) is 9.37. The summed E-state index contributed by atoms with van der Waals surface area (Å²) in [5, 5.41) is 13.3. The third-order valence-electron chi connectivity index (χ3n) is 2.15. The summed E-state index contributed by atoms with van der Waals surface area (Å²) in [6.07, 6.45) is 2.85. The molecule has 0 aliphatic rings. The highest BCUT2D eigenvalue weighted by molar-refractivity contribution is 5.40. The van der Waals surface area contributed by atoms with E-state index in [0.29, 0.717) is 18.8 Å². The van der Waals surface area contributed by atoms with Crippen LogP contribution in [-0.4, -0.2) is 31.8 Å². The molecule has 1 atom stereocenters. The molecule has 0 fully saturated rings. The summed E-state index contributed by atoms with van der Waals surface area (Å²) < 4.78 is 4.92. The van der Waals surface area contributed by atoms with Crippen molar-refractivity contribution in [2.75, 3.05) is 6.54 Å². The number of hydrogen-bond donors (Lipinski definition) is 2. The second kappa shape index (κ2) is 4.98. The lowest BCUT2D eigenvalue weighted by atomic mass is 10.2. The first-order chi connectivity index (χ1) is 8.20. The molecule has 7 nitrogen and oxygen atoms in total. The number of hydrogen-bond acceptors (Lipinski definition) is 7. The van der Waals surface area contributed by atoms with Crippen molar-refractivity contribution in [3.63, 3.8) is 0 Å². The summed E-state index contributed by atoms with van der Waals surface area (Å²) in [5.74, 6) is 0.760. The van der Waals surface area contributed by atoms with Crippen LogP contribution in [0.25, 0.3) is 11.6 Å². The molecule has 0 aromatic carbocycles. The number of nitrogens with two attached hydrogens (primary N) is 1. The molecule has 0 saturated carbocycles. The quantitative estimate of drug-likeness (QED) is 0.779. The van der Waals surface area contributed by atoms with E-state index >= 15 is 0 Å². The van der Waals surface area contributed by atoms with E-state index in [1.54, 1.807) is 12.4 Å². The largest absolute Gasteiger partial charge is 0.383 e. The number of aryl methyl sites for hydroxylation is 1. The van der Waals surface area contributed by atoms with Crippen molar-refractivity contribution in [2.24, 2.45) is 5.73 Å². The molecule has 1 unspecified atom stereocenters. The van der Waals surface area contributed by atoms with Crippen LogP contribution in [0.3, 0.4) is 0 Å². The molecule has 90 valence electrons. The highest BCUT2D eigenvalue weighted by atomic mass is 16.5. The molecular formula is C10H13N5O2. The lowest BCUT2D eigenvalue weighted by Gasteiger charge is -2.00. The molecule has 2 aromatic heterocycles. The summed E-state index contributed by atoms with van der Waals surface area (Å²) in [6.45, 7) is 2.23. The Morgan fingerprint density at radius 3 is 2.71 bits per heavy atom. The van der Waals surface area contributed by atoms with E-state index in [9.17, 15) is 5.11 Å². The van der Waals surface area contributed by atoms with Crippen LogP contribution in [0.15, 0.2) is 16.9 Å². The van der Waals surface area contributed by atoms with Gasteiger partial charge < -0.3 is 15.4 Å². The van der Waals surface area contributed by atoms with Crippen LogP contribution in [0.2, 0.25) is 0 Å². The fourth-order valence-electron chi connectivity index (χ4n) is 1.25. The minimum absolute atomic E-state index is 0.134. The highest BCUT2D eigenvalue weighted by Crippen LogP contribution is 2.17. The standard InChI is InChI=1S/C10H13N5O2/c1-6-4-12-8(13-5-6)9-14-10(17-15-9)7(16)2-3-11/h4-5,7,16H,2-3,11H2,1H3. The number of rotatable bonds is 4. The molecule has 0 aliphatic heterocycles.